The first-order valence-electron chi connectivity index (χ1n) is 7.27. The van der Waals surface area contributed by atoms with Gasteiger partial charge in [-0.15, -0.1) is 0 Å². The number of hydrogen-bond donors (Lipinski definition) is 3. The van der Waals surface area contributed by atoms with Crippen LogP contribution in [0.2, 0.25) is 0 Å². The van der Waals surface area contributed by atoms with Crippen molar-refractivity contribution >= 4 is 16.9 Å². The summed E-state index contributed by atoms with van der Waals surface area (Å²) >= 11 is 0. The van der Waals surface area contributed by atoms with Crippen LogP contribution in [0.1, 0.15) is 32.0 Å². The minimum atomic E-state index is -0.427. The maximum absolute atomic E-state index is 13.1. The van der Waals surface area contributed by atoms with E-state index in [1.54, 1.807) is 6.07 Å². The summed E-state index contributed by atoms with van der Waals surface area (Å²) in [5.74, 6) is 0.404. The first-order chi connectivity index (χ1) is 10.1. The molecule has 0 aliphatic rings. The number of carbonyl (C=O) groups is 1. The van der Waals surface area contributed by atoms with Crippen LogP contribution >= 0.6 is 0 Å². The molecule has 5 nitrogen and oxygen atoms in total. The van der Waals surface area contributed by atoms with Gasteiger partial charge in [0.15, 0.2) is 0 Å². The van der Waals surface area contributed by atoms with Crippen molar-refractivity contribution in [2.24, 2.45) is 5.73 Å². The summed E-state index contributed by atoms with van der Waals surface area (Å²) in [6.45, 7) is 2.55. The summed E-state index contributed by atoms with van der Waals surface area (Å²) in [6.07, 6.45) is 3.04. The van der Waals surface area contributed by atoms with Gasteiger partial charge >= 0.3 is 0 Å². The number of aromatic amines is 1. The Labute approximate surface area is 123 Å². The van der Waals surface area contributed by atoms with Crippen LogP contribution in [0.4, 0.5) is 4.39 Å². The molecule has 0 fully saturated rings. The molecule has 0 unspecified atom stereocenters. The molecule has 1 atom stereocenters. The third-order valence-electron chi connectivity index (χ3n) is 3.32. The number of aromatic nitrogens is 2. The molecule has 4 N–H and O–H groups in total. The van der Waals surface area contributed by atoms with E-state index in [4.69, 9.17) is 5.73 Å². The van der Waals surface area contributed by atoms with Gasteiger partial charge in [-0.1, -0.05) is 13.3 Å². The number of hydrogen-bond acceptors (Lipinski definition) is 3. The number of aryl methyl sites for hydroxylation is 1. The summed E-state index contributed by atoms with van der Waals surface area (Å²) in [5, 5.41) is 2.81. The van der Waals surface area contributed by atoms with Crippen LogP contribution < -0.4 is 11.1 Å². The molecule has 1 amide bonds. The van der Waals surface area contributed by atoms with Gasteiger partial charge in [0.1, 0.15) is 11.6 Å². The van der Waals surface area contributed by atoms with Crippen molar-refractivity contribution in [3.63, 3.8) is 0 Å². The first kappa shape index (κ1) is 15.4. The van der Waals surface area contributed by atoms with Crippen molar-refractivity contribution in [2.45, 2.75) is 38.6 Å². The molecule has 21 heavy (non-hydrogen) atoms. The van der Waals surface area contributed by atoms with Crippen molar-refractivity contribution in [1.29, 1.82) is 0 Å². The molecule has 114 valence electrons. The smallest absolute Gasteiger partial charge is 0.236 e. The van der Waals surface area contributed by atoms with E-state index in [0.717, 1.165) is 24.2 Å². The molecule has 0 radical (unpaired) electrons. The monoisotopic (exact) mass is 292 g/mol. The van der Waals surface area contributed by atoms with Crippen molar-refractivity contribution in [3.05, 3.63) is 29.8 Å². The summed E-state index contributed by atoms with van der Waals surface area (Å²) in [4.78, 5) is 19.1. The molecule has 2 rings (SSSR count). The van der Waals surface area contributed by atoms with Crippen LogP contribution in [-0.4, -0.2) is 28.5 Å². The maximum Gasteiger partial charge on any atom is 0.236 e. The fourth-order valence-electron chi connectivity index (χ4n) is 2.19. The highest BCUT2D eigenvalue weighted by Crippen LogP contribution is 2.13. The van der Waals surface area contributed by atoms with Crippen molar-refractivity contribution in [2.75, 3.05) is 6.54 Å². The van der Waals surface area contributed by atoms with E-state index >= 15 is 0 Å². The lowest BCUT2D eigenvalue weighted by Crippen LogP contribution is -2.40. The highest BCUT2D eigenvalue weighted by Gasteiger charge is 2.11. The zero-order valence-electron chi connectivity index (χ0n) is 12.2. The van der Waals surface area contributed by atoms with Crippen LogP contribution in [-0.2, 0) is 11.2 Å². The lowest BCUT2D eigenvalue weighted by Gasteiger charge is -2.10. The normalized spacial score (nSPS) is 12.5. The average Bonchev–Trinajstić information content (AvgIpc) is 2.85. The highest BCUT2D eigenvalue weighted by molar-refractivity contribution is 5.81. The lowest BCUT2D eigenvalue weighted by atomic mass is 10.1. The Bertz CT molecular complexity index is 611. The molecule has 0 saturated heterocycles. The van der Waals surface area contributed by atoms with Gasteiger partial charge in [0.25, 0.3) is 0 Å². The molecule has 2 aromatic rings. The number of amides is 1. The molecule has 1 aromatic carbocycles. The number of benzene rings is 1. The minimum Gasteiger partial charge on any atom is -0.355 e. The third kappa shape index (κ3) is 4.26. The number of carbonyl (C=O) groups excluding carboxylic acids is 1. The molecule has 0 aliphatic heterocycles. The Hall–Kier alpha value is -1.95. The topological polar surface area (TPSA) is 83.8 Å². The zero-order chi connectivity index (χ0) is 15.2. The maximum atomic E-state index is 13.1. The highest BCUT2D eigenvalue weighted by atomic mass is 19.1. The van der Waals surface area contributed by atoms with Crippen molar-refractivity contribution in [1.82, 2.24) is 15.3 Å². The van der Waals surface area contributed by atoms with Crippen molar-refractivity contribution in [3.8, 4) is 0 Å². The summed E-state index contributed by atoms with van der Waals surface area (Å²) in [5.41, 5.74) is 7.16. The standard InChI is InChI=1S/C15H21FN4O/c1-2-4-11(17)15(21)18-8-3-5-14-19-12-7-6-10(16)9-13(12)20-14/h6-7,9,11H,2-5,8,17H2,1H3,(H,18,21)(H,19,20)/t11-/m0/s1. The second-order valence-electron chi connectivity index (χ2n) is 5.13. The van der Waals surface area contributed by atoms with E-state index in [-0.39, 0.29) is 11.7 Å². The number of H-pyrrole nitrogens is 1. The Morgan fingerprint density at radius 1 is 1.52 bits per heavy atom. The van der Waals surface area contributed by atoms with Crippen LogP contribution in [0.5, 0.6) is 0 Å². The van der Waals surface area contributed by atoms with E-state index in [2.05, 4.69) is 15.3 Å². The summed E-state index contributed by atoms with van der Waals surface area (Å²) < 4.78 is 13.1. The van der Waals surface area contributed by atoms with Gasteiger partial charge in [-0.2, -0.15) is 0 Å². The quantitative estimate of drug-likeness (QED) is 0.681. The van der Waals surface area contributed by atoms with E-state index in [1.807, 2.05) is 6.92 Å². The van der Waals surface area contributed by atoms with Crippen LogP contribution in [0.15, 0.2) is 18.2 Å². The molecule has 0 bridgehead atoms. The molecule has 1 heterocycles. The predicted octanol–water partition coefficient (Wildman–Crippen LogP) is 1.88. The number of halogens is 1. The van der Waals surface area contributed by atoms with Crippen molar-refractivity contribution < 1.29 is 9.18 Å². The van der Waals surface area contributed by atoms with E-state index in [1.165, 1.54) is 12.1 Å². The number of nitrogens with two attached hydrogens (primary N) is 1. The fourth-order valence-corrected chi connectivity index (χ4v) is 2.19. The number of rotatable bonds is 7. The van der Waals surface area contributed by atoms with E-state index < -0.39 is 6.04 Å². The third-order valence-corrected chi connectivity index (χ3v) is 3.32. The fraction of sp³-hybridized carbons (Fsp3) is 0.467. The molecular formula is C15H21FN4O. The molecular weight excluding hydrogens is 271 g/mol. The summed E-state index contributed by atoms with van der Waals surface area (Å²) in [7, 11) is 0. The van der Waals surface area contributed by atoms with E-state index in [0.29, 0.717) is 24.9 Å². The number of nitrogens with one attached hydrogen (secondary N) is 2. The Morgan fingerprint density at radius 3 is 3.10 bits per heavy atom. The average molecular weight is 292 g/mol. The lowest BCUT2D eigenvalue weighted by molar-refractivity contribution is -0.122. The Balaban J connectivity index is 1.78. The van der Waals surface area contributed by atoms with Gasteiger partial charge in [0.05, 0.1) is 17.1 Å². The zero-order valence-corrected chi connectivity index (χ0v) is 12.2. The molecule has 0 spiro atoms. The van der Waals surface area contributed by atoms with Crippen LogP contribution in [0.25, 0.3) is 11.0 Å². The number of fused-ring (bicyclic) bond motifs is 1. The van der Waals surface area contributed by atoms with Gasteiger partial charge in [-0.05, 0) is 31.0 Å². The molecule has 1 aromatic heterocycles. The molecule has 6 heteroatoms. The van der Waals surface area contributed by atoms with E-state index in [9.17, 15) is 9.18 Å². The van der Waals surface area contributed by atoms with Crippen LogP contribution in [0, 0.1) is 5.82 Å². The SMILES string of the molecule is CCC[C@H](N)C(=O)NCCCc1nc2ccc(F)cc2[nH]1. The van der Waals surface area contributed by atoms with Gasteiger partial charge in [-0.25, -0.2) is 9.37 Å². The van der Waals surface area contributed by atoms with Gasteiger partial charge in [0, 0.05) is 13.0 Å². The molecule has 0 aliphatic carbocycles. The second-order valence-corrected chi connectivity index (χ2v) is 5.13. The van der Waals surface area contributed by atoms with Gasteiger partial charge in [0.2, 0.25) is 5.91 Å². The van der Waals surface area contributed by atoms with Gasteiger partial charge < -0.3 is 16.0 Å². The number of nitrogens with zero attached hydrogens (tertiary/aromatic N) is 1. The Morgan fingerprint density at radius 2 is 2.33 bits per heavy atom. The van der Waals surface area contributed by atoms with Gasteiger partial charge in [-0.3, -0.25) is 4.79 Å². The first-order valence-corrected chi connectivity index (χ1v) is 7.27. The summed E-state index contributed by atoms with van der Waals surface area (Å²) in [6, 6.07) is 4.04. The largest absolute Gasteiger partial charge is 0.355 e. The minimum absolute atomic E-state index is 0.108. The number of imidazole rings is 1. The van der Waals surface area contributed by atoms with Crippen LogP contribution in [0.3, 0.4) is 0 Å². The predicted molar refractivity (Wildman–Crippen MR) is 80.3 cm³/mol. The molecule has 0 saturated carbocycles. The second kappa shape index (κ2) is 7.17. The Kier molecular flexibility index (Phi) is 5.27.